The maximum atomic E-state index is 13.3. The van der Waals surface area contributed by atoms with Crippen molar-refractivity contribution >= 4 is 63.6 Å². The first-order valence-corrected chi connectivity index (χ1v) is 13.9. The number of benzene rings is 1. The molecule has 0 unspecified atom stereocenters. The van der Waals surface area contributed by atoms with Crippen LogP contribution in [0.5, 0.6) is 0 Å². The molecule has 1 aromatic carbocycles. The smallest absolute Gasteiger partial charge is 0.316 e. The van der Waals surface area contributed by atoms with Crippen LogP contribution < -0.4 is 5.32 Å². The van der Waals surface area contributed by atoms with Crippen molar-refractivity contribution in [3.63, 3.8) is 0 Å². The number of rotatable bonds is 10. The van der Waals surface area contributed by atoms with E-state index in [1.165, 1.54) is 58.8 Å². The fourth-order valence-electron chi connectivity index (χ4n) is 2.69. The monoisotopic (exact) mass is 562 g/mol. The van der Waals surface area contributed by atoms with E-state index in [0.717, 1.165) is 9.10 Å². The van der Waals surface area contributed by atoms with E-state index in [-0.39, 0.29) is 23.2 Å². The highest BCUT2D eigenvalue weighted by atomic mass is 32.2. The summed E-state index contributed by atoms with van der Waals surface area (Å²) < 4.78 is 20.8. The third kappa shape index (κ3) is 7.06. The first-order chi connectivity index (χ1) is 17.4. The van der Waals surface area contributed by atoms with Crippen LogP contribution in [0.2, 0.25) is 0 Å². The molecule has 4 rings (SSSR count). The highest BCUT2D eigenvalue weighted by Crippen LogP contribution is 2.34. The molecule has 0 aliphatic heterocycles. The molecular weight excluding hydrogens is 544 g/mol. The number of halogens is 1. The number of amides is 1. The molecule has 3 heterocycles. The Kier molecular flexibility index (Phi) is 8.96. The topological polar surface area (TPSA) is 112 Å². The number of hydrogen-bond acceptors (Lipinski definition) is 11. The number of nitrogens with one attached hydrogen (secondary N) is 1. The number of aryl methyl sites for hydroxylation is 1. The van der Waals surface area contributed by atoms with Crippen molar-refractivity contribution in [2.75, 3.05) is 17.7 Å². The van der Waals surface area contributed by atoms with Gasteiger partial charge in [0.1, 0.15) is 22.9 Å². The summed E-state index contributed by atoms with van der Waals surface area (Å²) in [5.74, 6) is -0.946. The molecule has 0 atom stereocenters. The van der Waals surface area contributed by atoms with Crippen LogP contribution in [0.1, 0.15) is 17.4 Å². The van der Waals surface area contributed by atoms with Crippen molar-refractivity contribution in [3.05, 3.63) is 60.4 Å². The summed E-state index contributed by atoms with van der Waals surface area (Å²) >= 11 is 5.10. The van der Waals surface area contributed by atoms with E-state index < -0.39 is 5.91 Å². The molecular formula is C22H19FN6O3S4. The Morgan fingerprint density at radius 1 is 1.17 bits per heavy atom. The lowest BCUT2D eigenvalue weighted by Crippen LogP contribution is -2.15. The normalized spacial score (nSPS) is 10.9. The number of ether oxygens (including phenoxy) is 1. The molecule has 9 nitrogen and oxygen atoms in total. The minimum Gasteiger partial charge on any atom is -0.465 e. The first-order valence-electron chi connectivity index (χ1n) is 10.4. The Morgan fingerprint density at radius 3 is 2.69 bits per heavy atom. The van der Waals surface area contributed by atoms with E-state index in [9.17, 15) is 14.0 Å². The van der Waals surface area contributed by atoms with Crippen LogP contribution in [0.4, 0.5) is 9.52 Å². The van der Waals surface area contributed by atoms with E-state index >= 15 is 0 Å². The third-order valence-electron chi connectivity index (χ3n) is 4.30. The Hall–Kier alpha value is -2.94. The molecule has 0 aliphatic carbocycles. The Bertz CT molecular complexity index is 1360. The molecule has 1 N–H and O–H groups in total. The Morgan fingerprint density at radius 2 is 1.97 bits per heavy atom. The summed E-state index contributed by atoms with van der Waals surface area (Å²) in [6, 6.07) is 9.57. The molecule has 0 fully saturated rings. The van der Waals surface area contributed by atoms with Crippen LogP contribution >= 0.6 is 46.6 Å². The van der Waals surface area contributed by atoms with Gasteiger partial charge in [0.15, 0.2) is 10.3 Å². The lowest BCUT2D eigenvalue weighted by Gasteiger charge is -2.10. The third-order valence-corrected chi connectivity index (χ3v) is 8.42. The SMILES string of the molecule is CCOC(=O)CSc1cnc(NC(=O)c2nc(Sc3nncn3C)ccc2Sc2ccc(F)cc2)s1. The Balaban J connectivity index is 1.54. The lowest BCUT2D eigenvalue weighted by atomic mass is 10.3. The van der Waals surface area contributed by atoms with Gasteiger partial charge in [-0.05, 0) is 55.1 Å². The van der Waals surface area contributed by atoms with E-state index in [2.05, 4.69) is 25.5 Å². The number of pyridine rings is 1. The summed E-state index contributed by atoms with van der Waals surface area (Å²) in [7, 11) is 1.81. The zero-order chi connectivity index (χ0) is 25.5. The van der Waals surface area contributed by atoms with Crippen LogP contribution in [0, 0.1) is 5.82 Å². The second-order valence-electron chi connectivity index (χ2n) is 6.91. The van der Waals surface area contributed by atoms with E-state index in [0.29, 0.717) is 26.8 Å². The van der Waals surface area contributed by atoms with Gasteiger partial charge in [-0.25, -0.2) is 14.4 Å². The number of carbonyl (C=O) groups is 2. The summed E-state index contributed by atoms with van der Waals surface area (Å²) in [6.45, 7) is 2.07. The largest absolute Gasteiger partial charge is 0.465 e. The zero-order valence-electron chi connectivity index (χ0n) is 19.0. The van der Waals surface area contributed by atoms with Gasteiger partial charge >= 0.3 is 5.97 Å². The number of carbonyl (C=O) groups excluding carboxylic acids is 2. The quantitative estimate of drug-likeness (QED) is 0.209. The molecule has 3 aromatic heterocycles. The number of thiazole rings is 1. The van der Waals surface area contributed by atoms with Crippen LogP contribution in [0.25, 0.3) is 0 Å². The second-order valence-corrected chi connectivity index (χ2v) is 11.3. The molecule has 186 valence electrons. The van der Waals surface area contributed by atoms with Gasteiger partial charge in [-0.3, -0.25) is 14.9 Å². The standard InChI is InChI=1S/C22H19FN6O3S4/c1-3-32-17(30)11-33-18-10-24-21(36-18)27-20(31)19-15(34-14-6-4-13(23)5-7-14)8-9-16(26-19)35-22-28-25-12-29(22)2/h4-10,12H,3,11H2,1-2H3,(H,24,27,31). The van der Waals surface area contributed by atoms with Gasteiger partial charge in [0.05, 0.1) is 22.8 Å². The fourth-order valence-corrected chi connectivity index (χ4v) is 5.99. The van der Waals surface area contributed by atoms with Gasteiger partial charge in [0.2, 0.25) is 0 Å². The van der Waals surface area contributed by atoms with Gasteiger partial charge in [-0.15, -0.1) is 22.0 Å². The molecule has 0 bridgehead atoms. The maximum absolute atomic E-state index is 13.3. The minimum absolute atomic E-state index is 0.157. The van der Waals surface area contributed by atoms with Gasteiger partial charge in [-0.2, -0.15) is 0 Å². The van der Waals surface area contributed by atoms with Gasteiger partial charge in [0.25, 0.3) is 5.91 Å². The van der Waals surface area contributed by atoms with Crippen LogP contribution in [0.3, 0.4) is 0 Å². The van der Waals surface area contributed by atoms with E-state index in [1.807, 2.05) is 7.05 Å². The number of hydrogen-bond donors (Lipinski definition) is 1. The van der Waals surface area contributed by atoms with Gasteiger partial charge < -0.3 is 9.30 Å². The number of thioether (sulfide) groups is 1. The molecule has 4 aromatic rings. The molecule has 0 saturated carbocycles. The van der Waals surface area contributed by atoms with Crippen LogP contribution in [-0.2, 0) is 16.6 Å². The van der Waals surface area contributed by atoms with Crippen molar-refractivity contribution in [3.8, 4) is 0 Å². The summed E-state index contributed by atoms with van der Waals surface area (Å²) in [4.78, 5) is 35.0. The number of nitrogens with zero attached hydrogens (tertiary/aromatic N) is 5. The first kappa shape index (κ1) is 26.1. The van der Waals surface area contributed by atoms with E-state index in [4.69, 9.17) is 4.74 Å². The minimum atomic E-state index is -0.448. The maximum Gasteiger partial charge on any atom is 0.316 e. The molecule has 0 saturated heterocycles. The van der Waals surface area contributed by atoms with Crippen LogP contribution in [-0.4, -0.2) is 49.0 Å². The molecule has 0 spiro atoms. The second kappa shape index (κ2) is 12.3. The summed E-state index contributed by atoms with van der Waals surface area (Å²) in [5.41, 5.74) is 0.187. The molecule has 14 heteroatoms. The highest BCUT2D eigenvalue weighted by molar-refractivity contribution is 8.01. The summed E-state index contributed by atoms with van der Waals surface area (Å²) in [6.07, 6.45) is 3.17. The van der Waals surface area contributed by atoms with Crippen molar-refractivity contribution in [2.24, 2.45) is 7.05 Å². The van der Waals surface area contributed by atoms with Crippen molar-refractivity contribution in [1.82, 2.24) is 24.7 Å². The van der Waals surface area contributed by atoms with E-state index in [1.54, 1.807) is 48.3 Å². The highest BCUT2D eigenvalue weighted by Gasteiger charge is 2.19. The number of esters is 1. The summed E-state index contributed by atoms with van der Waals surface area (Å²) in [5, 5.41) is 12.2. The van der Waals surface area contributed by atoms with Gasteiger partial charge in [-0.1, -0.05) is 23.1 Å². The molecule has 0 radical (unpaired) electrons. The fraction of sp³-hybridized carbons (Fsp3) is 0.182. The average Bonchev–Trinajstić information content (AvgIpc) is 3.48. The number of aromatic nitrogens is 5. The molecule has 1 amide bonds. The average molecular weight is 563 g/mol. The van der Waals surface area contributed by atoms with Crippen molar-refractivity contribution in [1.29, 1.82) is 0 Å². The van der Waals surface area contributed by atoms with Crippen molar-refractivity contribution < 1.29 is 18.7 Å². The van der Waals surface area contributed by atoms with Crippen molar-refractivity contribution in [2.45, 2.75) is 31.1 Å². The van der Waals surface area contributed by atoms with Gasteiger partial charge in [0, 0.05) is 16.8 Å². The predicted octanol–water partition coefficient (Wildman–Crippen LogP) is 5.02. The van der Waals surface area contributed by atoms with Crippen LogP contribution in [0.15, 0.2) is 73.1 Å². The zero-order valence-corrected chi connectivity index (χ0v) is 22.3. The molecule has 36 heavy (non-hydrogen) atoms. The number of anilines is 1. The lowest BCUT2D eigenvalue weighted by molar-refractivity contribution is -0.139. The molecule has 0 aliphatic rings. The Labute approximate surface area is 222 Å². The predicted molar refractivity (Wildman–Crippen MR) is 137 cm³/mol.